The molecular formula is C21H24F3N3O3S. The molecular weight excluding hydrogens is 431 g/mol. The zero-order chi connectivity index (χ0) is 22.8. The number of alkyl halides is 3. The fourth-order valence-electron chi connectivity index (χ4n) is 3.27. The molecule has 0 N–H and O–H groups in total. The molecule has 10 heteroatoms. The van der Waals surface area contributed by atoms with Crippen LogP contribution in [0.15, 0.2) is 53.4 Å². The summed E-state index contributed by atoms with van der Waals surface area (Å²) in [6, 6.07) is 9.97. The molecule has 6 nitrogen and oxygen atoms in total. The van der Waals surface area contributed by atoms with Gasteiger partial charge in [-0.1, -0.05) is 23.8 Å². The SMILES string of the molecule is Cc1ccc(S(=O)(=O)N(CC(=O)N2CCN(C)CC2)c2cccc(C(F)(F)F)c2)cc1. The summed E-state index contributed by atoms with van der Waals surface area (Å²) in [5.74, 6) is -0.457. The van der Waals surface area contributed by atoms with Crippen LogP contribution in [0, 0.1) is 6.92 Å². The molecule has 1 aliphatic heterocycles. The smallest absolute Gasteiger partial charge is 0.339 e. The fourth-order valence-corrected chi connectivity index (χ4v) is 4.67. The van der Waals surface area contributed by atoms with Crippen molar-refractivity contribution < 1.29 is 26.4 Å². The van der Waals surface area contributed by atoms with E-state index in [1.54, 1.807) is 19.1 Å². The summed E-state index contributed by atoms with van der Waals surface area (Å²) in [5, 5.41) is 0. The number of carbonyl (C=O) groups is 1. The summed E-state index contributed by atoms with van der Waals surface area (Å²) >= 11 is 0. The molecule has 1 amide bonds. The van der Waals surface area contributed by atoms with E-state index in [0.717, 1.165) is 28.1 Å². The monoisotopic (exact) mass is 455 g/mol. The lowest BCUT2D eigenvalue weighted by Gasteiger charge is -2.34. The van der Waals surface area contributed by atoms with Gasteiger partial charge in [-0.15, -0.1) is 0 Å². The Labute approximate surface area is 179 Å². The molecule has 31 heavy (non-hydrogen) atoms. The third kappa shape index (κ3) is 5.37. The Balaban J connectivity index is 2.00. The standard InChI is InChI=1S/C21H24F3N3O3S/c1-16-6-8-19(9-7-16)31(29,30)27(15-20(28)26-12-10-25(2)11-13-26)18-5-3-4-17(14-18)21(22,23)24/h3-9,14H,10-13,15H2,1-2H3. The number of hydrogen-bond donors (Lipinski definition) is 0. The van der Waals surface area contributed by atoms with Gasteiger partial charge in [0.05, 0.1) is 16.1 Å². The Hall–Kier alpha value is -2.59. The highest BCUT2D eigenvalue weighted by atomic mass is 32.2. The molecule has 2 aromatic rings. The Morgan fingerprint density at radius 3 is 2.23 bits per heavy atom. The Kier molecular flexibility index (Phi) is 6.61. The van der Waals surface area contributed by atoms with Crippen molar-refractivity contribution >= 4 is 21.6 Å². The lowest BCUT2D eigenvalue weighted by Crippen LogP contribution is -2.50. The lowest BCUT2D eigenvalue weighted by atomic mass is 10.2. The van der Waals surface area contributed by atoms with Crippen LogP contribution >= 0.6 is 0 Å². The second-order valence-corrected chi connectivity index (χ2v) is 9.42. The van der Waals surface area contributed by atoms with Gasteiger partial charge in [0.1, 0.15) is 6.54 Å². The van der Waals surface area contributed by atoms with Crippen molar-refractivity contribution in [2.75, 3.05) is 44.1 Å². The third-order valence-electron chi connectivity index (χ3n) is 5.21. The number of aryl methyl sites for hydroxylation is 1. The first-order chi connectivity index (χ1) is 14.5. The molecule has 0 aromatic heterocycles. The fraction of sp³-hybridized carbons (Fsp3) is 0.381. The first-order valence-electron chi connectivity index (χ1n) is 9.71. The number of carbonyl (C=O) groups excluding carboxylic acids is 1. The maximum atomic E-state index is 13.3. The van der Waals surface area contributed by atoms with E-state index in [2.05, 4.69) is 0 Å². The molecule has 1 aliphatic rings. The van der Waals surface area contributed by atoms with Gasteiger partial charge < -0.3 is 9.80 Å². The van der Waals surface area contributed by atoms with E-state index < -0.39 is 34.2 Å². The minimum atomic E-state index is -4.64. The molecule has 1 saturated heterocycles. The first kappa shape index (κ1) is 23.1. The molecule has 3 rings (SSSR count). The summed E-state index contributed by atoms with van der Waals surface area (Å²) in [6.07, 6.45) is -4.64. The number of amides is 1. The van der Waals surface area contributed by atoms with Crippen LogP contribution in [0.25, 0.3) is 0 Å². The van der Waals surface area contributed by atoms with Gasteiger partial charge in [0.25, 0.3) is 10.0 Å². The largest absolute Gasteiger partial charge is 0.416 e. The van der Waals surface area contributed by atoms with Crippen molar-refractivity contribution in [3.63, 3.8) is 0 Å². The van der Waals surface area contributed by atoms with E-state index in [-0.39, 0.29) is 10.6 Å². The van der Waals surface area contributed by atoms with Gasteiger partial charge in [0.15, 0.2) is 0 Å². The average Bonchev–Trinajstić information content (AvgIpc) is 2.72. The minimum absolute atomic E-state index is 0.0957. The number of halogens is 3. The minimum Gasteiger partial charge on any atom is -0.339 e. The van der Waals surface area contributed by atoms with Gasteiger partial charge >= 0.3 is 6.18 Å². The van der Waals surface area contributed by atoms with Crippen molar-refractivity contribution in [3.05, 3.63) is 59.7 Å². The number of anilines is 1. The number of sulfonamides is 1. The molecule has 168 valence electrons. The highest BCUT2D eigenvalue weighted by Gasteiger charge is 2.34. The number of piperazine rings is 1. The van der Waals surface area contributed by atoms with Crippen molar-refractivity contribution in [2.24, 2.45) is 0 Å². The predicted molar refractivity (Wildman–Crippen MR) is 111 cm³/mol. The summed E-state index contributed by atoms with van der Waals surface area (Å²) in [7, 11) is -2.35. The summed E-state index contributed by atoms with van der Waals surface area (Å²) < 4.78 is 67.2. The van der Waals surface area contributed by atoms with Crippen LogP contribution in [0.4, 0.5) is 18.9 Å². The van der Waals surface area contributed by atoms with Crippen molar-refractivity contribution in [1.29, 1.82) is 0 Å². The van der Waals surface area contributed by atoms with Gasteiger partial charge in [0, 0.05) is 26.2 Å². The maximum absolute atomic E-state index is 13.3. The quantitative estimate of drug-likeness (QED) is 0.696. The van der Waals surface area contributed by atoms with E-state index in [1.807, 2.05) is 11.9 Å². The highest BCUT2D eigenvalue weighted by molar-refractivity contribution is 7.92. The molecule has 1 heterocycles. The Morgan fingerprint density at radius 2 is 1.65 bits per heavy atom. The van der Waals surface area contributed by atoms with Crippen molar-refractivity contribution in [3.8, 4) is 0 Å². The molecule has 0 bridgehead atoms. The normalized spacial score (nSPS) is 15.7. The predicted octanol–water partition coefficient (Wildman–Crippen LogP) is 2.98. The van der Waals surface area contributed by atoms with Gasteiger partial charge in [0.2, 0.25) is 5.91 Å². The van der Waals surface area contributed by atoms with Crippen LogP contribution < -0.4 is 4.31 Å². The number of benzene rings is 2. The topological polar surface area (TPSA) is 60.9 Å². The third-order valence-corrected chi connectivity index (χ3v) is 6.99. The lowest BCUT2D eigenvalue weighted by molar-refractivity contribution is -0.137. The van der Waals surface area contributed by atoms with E-state index in [1.165, 1.54) is 23.1 Å². The van der Waals surface area contributed by atoms with Crippen LogP contribution in [0.5, 0.6) is 0 Å². The second kappa shape index (κ2) is 8.88. The zero-order valence-electron chi connectivity index (χ0n) is 17.3. The highest BCUT2D eigenvalue weighted by Crippen LogP contribution is 2.33. The Morgan fingerprint density at radius 1 is 1.03 bits per heavy atom. The number of hydrogen-bond acceptors (Lipinski definition) is 4. The van der Waals surface area contributed by atoms with Gasteiger partial charge in [-0.05, 0) is 44.3 Å². The molecule has 1 fully saturated rings. The van der Waals surface area contributed by atoms with E-state index in [9.17, 15) is 26.4 Å². The van der Waals surface area contributed by atoms with Gasteiger partial charge in [-0.25, -0.2) is 8.42 Å². The Bertz CT molecular complexity index is 1030. The molecule has 2 aromatic carbocycles. The molecule has 0 radical (unpaired) electrons. The number of rotatable bonds is 5. The van der Waals surface area contributed by atoms with Crippen LogP contribution in [0.1, 0.15) is 11.1 Å². The van der Waals surface area contributed by atoms with Crippen LogP contribution in [0.2, 0.25) is 0 Å². The average molecular weight is 456 g/mol. The first-order valence-corrected chi connectivity index (χ1v) is 11.2. The molecule has 0 saturated carbocycles. The van der Waals surface area contributed by atoms with Crippen LogP contribution in [0.3, 0.4) is 0 Å². The van der Waals surface area contributed by atoms with E-state index in [0.29, 0.717) is 26.2 Å². The van der Waals surface area contributed by atoms with E-state index in [4.69, 9.17) is 0 Å². The van der Waals surface area contributed by atoms with Gasteiger partial charge in [-0.2, -0.15) is 13.2 Å². The second-order valence-electron chi connectivity index (χ2n) is 7.56. The summed E-state index contributed by atoms with van der Waals surface area (Å²) in [5.41, 5.74) is -0.364. The maximum Gasteiger partial charge on any atom is 0.416 e. The van der Waals surface area contributed by atoms with Gasteiger partial charge in [-0.3, -0.25) is 9.10 Å². The van der Waals surface area contributed by atoms with Crippen molar-refractivity contribution in [2.45, 2.75) is 18.0 Å². The molecule has 0 atom stereocenters. The molecule has 0 spiro atoms. The summed E-state index contributed by atoms with van der Waals surface area (Å²) in [6.45, 7) is 3.34. The zero-order valence-corrected chi connectivity index (χ0v) is 18.1. The van der Waals surface area contributed by atoms with Crippen LogP contribution in [-0.2, 0) is 21.0 Å². The number of nitrogens with zero attached hydrogens (tertiary/aromatic N) is 3. The van der Waals surface area contributed by atoms with Crippen molar-refractivity contribution in [1.82, 2.24) is 9.80 Å². The van der Waals surface area contributed by atoms with E-state index >= 15 is 0 Å². The number of likely N-dealkylation sites (N-methyl/N-ethyl adjacent to an activating group) is 1. The van der Waals surface area contributed by atoms with Crippen LogP contribution in [-0.4, -0.2) is 63.9 Å². The molecule has 0 unspecified atom stereocenters. The molecule has 0 aliphatic carbocycles. The summed E-state index contributed by atoms with van der Waals surface area (Å²) in [4.78, 5) is 16.4.